The van der Waals surface area contributed by atoms with Gasteiger partial charge < -0.3 is 10.4 Å². The van der Waals surface area contributed by atoms with Crippen LogP contribution in [0.5, 0.6) is 0 Å². The summed E-state index contributed by atoms with van der Waals surface area (Å²) < 4.78 is 0. The molecule has 2 nitrogen and oxygen atoms in total. The first kappa shape index (κ1) is 12.4. The van der Waals surface area contributed by atoms with Crippen molar-refractivity contribution < 1.29 is 5.11 Å². The van der Waals surface area contributed by atoms with Gasteiger partial charge in [0.15, 0.2) is 0 Å². The zero-order valence-corrected chi connectivity index (χ0v) is 10.7. The molecule has 2 N–H and O–H groups in total. The molecule has 0 aromatic heterocycles. The van der Waals surface area contributed by atoms with Crippen LogP contribution in [-0.2, 0) is 0 Å². The molecule has 0 bridgehead atoms. The van der Waals surface area contributed by atoms with Crippen LogP contribution in [0.15, 0.2) is 0 Å². The Balaban J connectivity index is 1.78. The van der Waals surface area contributed by atoms with Crippen molar-refractivity contribution in [3.8, 4) is 0 Å². The highest BCUT2D eigenvalue weighted by Gasteiger charge is 2.36. The molecular formula is C14H27NO. The minimum Gasteiger partial charge on any atom is -0.388 e. The lowest BCUT2D eigenvalue weighted by atomic mass is 9.76. The predicted molar refractivity (Wildman–Crippen MR) is 67.5 cm³/mol. The quantitative estimate of drug-likeness (QED) is 0.774. The van der Waals surface area contributed by atoms with Gasteiger partial charge in [0.05, 0.1) is 5.60 Å². The Labute approximate surface area is 99.8 Å². The summed E-state index contributed by atoms with van der Waals surface area (Å²) in [6.45, 7) is 3.03. The zero-order valence-electron chi connectivity index (χ0n) is 10.7. The fourth-order valence-corrected chi connectivity index (χ4v) is 3.29. The Bertz CT molecular complexity index is 213. The van der Waals surface area contributed by atoms with Crippen molar-refractivity contribution in [1.82, 2.24) is 5.32 Å². The summed E-state index contributed by atoms with van der Waals surface area (Å²) in [5.74, 6) is 0.470. The van der Waals surface area contributed by atoms with E-state index in [1.165, 1.54) is 51.4 Å². The summed E-state index contributed by atoms with van der Waals surface area (Å²) in [6, 6.07) is 0.673. The standard InChI is InChI=1S/C14H27NO/c1-12-7-5-6-10-14(12,16)11-15-13-8-3-2-4-9-13/h12-13,15-16H,2-11H2,1H3. The third kappa shape index (κ3) is 2.98. The van der Waals surface area contributed by atoms with Crippen molar-refractivity contribution in [2.75, 3.05) is 6.54 Å². The van der Waals surface area contributed by atoms with Crippen molar-refractivity contribution >= 4 is 0 Å². The lowest BCUT2D eigenvalue weighted by molar-refractivity contribution is -0.0418. The van der Waals surface area contributed by atoms with Crippen LogP contribution >= 0.6 is 0 Å². The van der Waals surface area contributed by atoms with Crippen LogP contribution in [0.25, 0.3) is 0 Å². The van der Waals surface area contributed by atoms with E-state index in [0.717, 1.165) is 13.0 Å². The van der Waals surface area contributed by atoms with E-state index in [2.05, 4.69) is 12.2 Å². The van der Waals surface area contributed by atoms with Crippen molar-refractivity contribution in [2.45, 2.75) is 76.4 Å². The lowest BCUT2D eigenvalue weighted by Gasteiger charge is -2.39. The minimum atomic E-state index is -0.421. The maximum Gasteiger partial charge on any atom is 0.0797 e. The third-order valence-electron chi connectivity index (χ3n) is 4.72. The summed E-state index contributed by atoms with van der Waals surface area (Å²) >= 11 is 0. The molecule has 0 spiro atoms. The maximum atomic E-state index is 10.6. The zero-order chi connectivity index (χ0) is 11.4. The molecule has 2 heteroatoms. The van der Waals surface area contributed by atoms with E-state index in [1.54, 1.807) is 0 Å². The van der Waals surface area contributed by atoms with Gasteiger partial charge in [-0.15, -0.1) is 0 Å². The van der Waals surface area contributed by atoms with E-state index in [4.69, 9.17) is 0 Å². The Morgan fingerprint density at radius 1 is 1.06 bits per heavy atom. The fraction of sp³-hybridized carbons (Fsp3) is 1.00. The molecule has 0 aromatic carbocycles. The number of rotatable bonds is 3. The molecule has 0 heterocycles. The van der Waals surface area contributed by atoms with E-state index in [9.17, 15) is 5.11 Å². The summed E-state index contributed by atoms with van der Waals surface area (Å²) in [4.78, 5) is 0. The van der Waals surface area contributed by atoms with Gasteiger partial charge in [-0.3, -0.25) is 0 Å². The molecule has 2 unspecified atom stereocenters. The van der Waals surface area contributed by atoms with Crippen molar-refractivity contribution in [2.24, 2.45) is 5.92 Å². The largest absolute Gasteiger partial charge is 0.388 e. The average Bonchev–Trinajstić information content (AvgIpc) is 2.32. The second-order valence-corrected chi connectivity index (χ2v) is 5.97. The van der Waals surface area contributed by atoms with Crippen LogP contribution in [0.4, 0.5) is 0 Å². The van der Waals surface area contributed by atoms with E-state index in [0.29, 0.717) is 12.0 Å². The highest BCUT2D eigenvalue weighted by molar-refractivity contribution is 4.90. The van der Waals surface area contributed by atoms with Gasteiger partial charge in [-0.2, -0.15) is 0 Å². The molecule has 0 saturated heterocycles. The van der Waals surface area contributed by atoms with Crippen LogP contribution < -0.4 is 5.32 Å². The molecule has 16 heavy (non-hydrogen) atoms. The topological polar surface area (TPSA) is 32.3 Å². The Hall–Kier alpha value is -0.0800. The molecular weight excluding hydrogens is 198 g/mol. The Morgan fingerprint density at radius 3 is 2.44 bits per heavy atom. The van der Waals surface area contributed by atoms with E-state index in [1.807, 2.05) is 0 Å². The number of hydrogen-bond acceptors (Lipinski definition) is 2. The fourth-order valence-electron chi connectivity index (χ4n) is 3.29. The SMILES string of the molecule is CC1CCCCC1(O)CNC1CCCCC1. The summed E-state index contributed by atoms with van der Waals surface area (Å²) in [6.07, 6.45) is 11.4. The number of aliphatic hydroxyl groups is 1. The predicted octanol–water partition coefficient (Wildman–Crippen LogP) is 2.85. The van der Waals surface area contributed by atoms with Crippen molar-refractivity contribution in [3.63, 3.8) is 0 Å². The molecule has 2 atom stereocenters. The van der Waals surface area contributed by atoms with Gasteiger partial charge in [-0.05, 0) is 31.6 Å². The van der Waals surface area contributed by atoms with Crippen LogP contribution in [0.2, 0.25) is 0 Å². The average molecular weight is 225 g/mol. The molecule has 2 fully saturated rings. The van der Waals surface area contributed by atoms with Gasteiger partial charge in [0, 0.05) is 12.6 Å². The molecule has 2 rings (SSSR count). The maximum absolute atomic E-state index is 10.6. The molecule has 0 aromatic rings. The summed E-state index contributed by atoms with van der Waals surface area (Å²) in [5, 5.41) is 14.2. The van der Waals surface area contributed by atoms with E-state index in [-0.39, 0.29) is 0 Å². The van der Waals surface area contributed by atoms with E-state index >= 15 is 0 Å². The monoisotopic (exact) mass is 225 g/mol. The molecule has 0 radical (unpaired) electrons. The number of nitrogens with one attached hydrogen (secondary N) is 1. The smallest absolute Gasteiger partial charge is 0.0797 e. The molecule has 0 amide bonds. The first-order valence-corrected chi connectivity index (χ1v) is 7.16. The van der Waals surface area contributed by atoms with Gasteiger partial charge in [-0.25, -0.2) is 0 Å². The first-order valence-electron chi connectivity index (χ1n) is 7.16. The molecule has 2 saturated carbocycles. The summed E-state index contributed by atoms with van der Waals surface area (Å²) in [5.41, 5.74) is -0.421. The minimum absolute atomic E-state index is 0.421. The van der Waals surface area contributed by atoms with Crippen LogP contribution in [0.3, 0.4) is 0 Å². The first-order chi connectivity index (χ1) is 7.71. The van der Waals surface area contributed by atoms with E-state index < -0.39 is 5.60 Å². The molecule has 0 aliphatic heterocycles. The molecule has 2 aliphatic carbocycles. The van der Waals surface area contributed by atoms with Gasteiger partial charge in [0.2, 0.25) is 0 Å². The third-order valence-corrected chi connectivity index (χ3v) is 4.72. The highest BCUT2D eigenvalue weighted by Crippen LogP contribution is 2.33. The second kappa shape index (κ2) is 5.50. The lowest BCUT2D eigenvalue weighted by Crippen LogP contribution is -2.50. The van der Waals surface area contributed by atoms with Crippen molar-refractivity contribution in [1.29, 1.82) is 0 Å². The van der Waals surface area contributed by atoms with Gasteiger partial charge in [0.1, 0.15) is 0 Å². The van der Waals surface area contributed by atoms with Crippen LogP contribution in [0.1, 0.15) is 64.7 Å². The second-order valence-electron chi connectivity index (χ2n) is 5.97. The van der Waals surface area contributed by atoms with Crippen LogP contribution in [0, 0.1) is 5.92 Å². The molecule has 94 valence electrons. The Morgan fingerprint density at radius 2 is 1.75 bits per heavy atom. The van der Waals surface area contributed by atoms with Crippen LogP contribution in [-0.4, -0.2) is 23.3 Å². The summed E-state index contributed by atoms with van der Waals surface area (Å²) in [7, 11) is 0. The van der Waals surface area contributed by atoms with Crippen molar-refractivity contribution in [3.05, 3.63) is 0 Å². The van der Waals surface area contributed by atoms with Gasteiger partial charge >= 0.3 is 0 Å². The van der Waals surface area contributed by atoms with Gasteiger partial charge in [0.25, 0.3) is 0 Å². The number of hydrogen-bond donors (Lipinski definition) is 2. The highest BCUT2D eigenvalue weighted by atomic mass is 16.3. The molecule has 2 aliphatic rings. The normalized spacial score (nSPS) is 37.5. The Kier molecular flexibility index (Phi) is 4.26. The van der Waals surface area contributed by atoms with Gasteiger partial charge in [-0.1, -0.05) is 39.0 Å².